The van der Waals surface area contributed by atoms with Crippen molar-refractivity contribution in [2.45, 2.75) is 25.8 Å². The minimum atomic E-state index is -0.359. The van der Waals surface area contributed by atoms with E-state index in [4.69, 9.17) is 0 Å². The molecule has 1 amide bonds. The third-order valence-electron chi connectivity index (χ3n) is 4.76. The van der Waals surface area contributed by atoms with Crippen LogP contribution in [0.5, 0.6) is 0 Å². The molecule has 3 rings (SSSR count). The molecule has 0 saturated carbocycles. The van der Waals surface area contributed by atoms with Crippen LogP contribution in [0.4, 0.5) is 4.39 Å². The quantitative estimate of drug-likeness (QED) is 0.743. The van der Waals surface area contributed by atoms with Gasteiger partial charge in [0.1, 0.15) is 5.82 Å². The molecule has 1 aromatic heterocycles. The molecule has 0 aliphatic carbocycles. The molecule has 0 bridgehead atoms. The minimum Gasteiger partial charge on any atom is -0.350 e. The van der Waals surface area contributed by atoms with Crippen molar-refractivity contribution in [2.24, 2.45) is 5.92 Å². The predicted octanol–water partition coefficient (Wildman–Crippen LogP) is 4.85. The molecular formula is C19H22BrFN2OS. The first-order valence-corrected chi connectivity index (χ1v) is 10.2. The number of hydrogen-bond acceptors (Lipinski definition) is 3. The van der Waals surface area contributed by atoms with Crippen LogP contribution in [0.3, 0.4) is 0 Å². The Morgan fingerprint density at radius 3 is 2.80 bits per heavy atom. The number of nitrogens with zero attached hydrogens (tertiary/aromatic N) is 1. The van der Waals surface area contributed by atoms with Crippen LogP contribution in [0.1, 0.15) is 41.0 Å². The number of halogens is 2. The summed E-state index contributed by atoms with van der Waals surface area (Å²) in [6, 6.07) is 8.51. The summed E-state index contributed by atoms with van der Waals surface area (Å²) >= 11 is 4.99. The van der Waals surface area contributed by atoms with Gasteiger partial charge in [-0.2, -0.15) is 0 Å². The summed E-state index contributed by atoms with van der Waals surface area (Å²) in [5, 5.41) is 5.11. The Balaban J connectivity index is 1.69. The lowest BCUT2D eigenvalue weighted by molar-refractivity contribution is 0.0914. The highest BCUT2D eigenvalue weighted by Crippen LogP contribution is 2.29. The van der Waals surface area contributed by atoms with Crippen LogP contribution in [0.15, 0.2) is 40.2 Å². The first-order valence-electron chi connectivity index (χ1n) is 8.55. The summed E-state index contributed by atoms with van der Waals surface area (Å²) in [6.45, 7) is 4.96. The van der Waals surface area contributed by atoms with Gasteiger partial charge in [0.2, 0.25) is 0 Å². The summed E-state index contributed by atoms with van der Waals surface area (Å²) < 4.78 is 13.7. The van der Waals surface area contributed by atoms with E-state index in [1.807, 2.05) is 0 Å². The van der Waals surface area contributed by atoms with Gasteiger partial charge < -0.3 is 5.32 Å². The molecule has 1 aromatic carbocycles. The topological polar surface area (TPSA) is 32.3 Å². The number of nitrogens with one attached hydrogen (secondary N) is 1. The number of carbonyl (C=O) groups excluding carboxylic acids is 1. The highest BCUT2D eigenvalue weighted by Gasteiger charge is 2.26. The van der Waals surface area contributed by atoms with E-state index in [9.17, 15) is 9.18 Å². The van der Waals surface area contributed by atoms with Gasteiger partial charge in [0.05, 0.1) is 11.6 Å². The Hall–Kier alpha value is -1.24. The van der Waals surface area contributed by atoms with Gasteiger partial charge in [-0.3, -0.25) is 9.69 Å². The minimum absolute atomic E-state index is 0.182. The number of piperidine rings is 1. The Morgan fingerprint density at radius 2 is 2.16 bits per heavy atom. The summed E-state index contributed by atoms with van der Waals surface area (Å²) in [5.41, 5.74) is 0.457. The first kappa shape index (κ1) is 18.5. The lowest BCUT2D eigenvalue weighted by Crippen LogP contribution is -2.41. The maximum Gasteiger partial charge on any atom is 0.252 e. The highest BCUT2D eigenvalue weighted by molar-refractivity contribution is 9.10. The van der Waals surface area contributed by atoms with Gasteiger partial charge in [-0.1, -0.05) is 13.0 Å². The molecule has 6 heteroatoms. The normalized spacial score (nSPS) is 17.4. The third kappa shape index (κ3) is 4.68. The molecule has 1 N–H and O–H groups in total. The van der Waals surface area contributed by atoms with Crippen molar-refractivity contribution in [1.29, 1.82) is 0 Å². The van der Waals surface area contributed by atoms with Crippen LogP contribution in [-0.2, 0) is 0 Å². The molecule has 0 radical (unpaired) electrons. The van der Waals surface area contributed by atoms with E-state index in [1.165, 1.54) is 35.9 Å². The van der Waals surface area contributed by atoms with Crippen molar-refractivity contribution < 1.29 is 9.18 Å². The number of carbonyl (C=O) groups is 1. The summed E-state index contributed by atoms with van der Waals surface area (Å²) in [6.07, 6.45) is 2.39. The van der Waals surface area contributed by atoms with Crippen molar-refractivity contribution in [3.05, 3.63) is 56.4 Å². The van der Waals surface area contributed by atoms with Gasteiger partial charge in [0, 0.05) is 15.9 Å². The van der Waals surface area contributed by atoms with Crippen molar-refractivity contribution in [3.8, 4) is 0 Å². The second kappa shape index (κ2) is 8.43. The van der Waals surface area contributed by atoms with Crippen molar-refractivity contribution in [1.82, 2.24) is 10.2 Å². The van der Waals surface area contributed by atoms with Crippen LogP contribution in [0, 0.1) is 11.7 Å². The highest BCUT2D eigenvalue weighted by atomic mass is 79.9. The summed E-state index contributed by atoms with van der Waals surface area (Å²) in [5.74, 6) is 0.228. The lowest BCUT2D eigenvalue weighted by Gasteiger charge is -2.36. The summed E-state index contributed by atoms with van der Waals surface area (Å²) in [7, 11) is 0. The molecule has 3 nitrogen and oxygen atoms in total. The van der Waals surface area contributed by atoms with E-state index in [1.54, 1.807) is 11.3 Å². The maximum absolute atomic E-state index is 13.2. The fourth-order valence-corrected chi connectivity index (χ4v) is 4.58. The number of likely N-dealkylation sites (tertiary alicyclic amines) is 1. The van der Waals surface area contributed by atoms with E-state index < -0.39 is 0 Å². The fourth-order valence-electron chi connectivity index (χ4n) is 3.19. The Labute approximate surface area is 160 Å². The van der Waals surface area contributed by atoms with Crippen LogP contribution >= 0.6 is 27.3 Å². The molecule has 1 aliphatic rings. The third-order valence-corrected chi connectivity index (χ3v) is 6.39. The second-order valence-corrected chi connectivity index (χ2v) is 8.42. The lowest BCUT2D eigenvalue weighted by atomic mass is 9.97. The number of hydrogen-bond donors (Lipinski definition) is 1. The van der Waals surface area contributed by atoms with Gasteiger partial charge in [-0.25, -0.2) is 4.39 Å². The van der Waals surface area contributed by atoms with Crippen LogP contribution in [-0.4, -0.2) is 30.4 Å². The van der Waals surface area contributed by atoms with Gasteiger partial charge >= 0.3 is 0 Å². The zero-order valence-corrected chi connectivity index (χ0v) is 16.6. The SMILES string of the molecule is CC1CCN(C(CNC(=O)c2ccc(F)cc2Br)c2cccs2)CC1. The summed E-state index contributed by atoms with van der Waals surface area (Å²) in [4.78, 5) is 16.2. The van der Waals surface area contributed by atoms with Crippen LogP contribution < -0.4 is 5.32 Å². The average molecular weight is 425 g/mol. The largest absolute Gasteiger partial charge is 0.350 e. The van der Waals surface area contributed by atoms with E-state index in [0.29, 0.717) is 16.6 Å². The molecule has 2 heterocycles. The van der Waals surface area contributed by atoms with Gasteiger partial charge in [0.25, 0.3) is 5.91 Å². The van der Waals surface area contributed by atoms with Gasteiger partial charge in [-0.05, 0) is 77.4 Å². The smallest absolute Gasteiger partial charge is 0.252 e. The van der Waals surface area contributed by atoms with Gasteiger partial charge in [-0.15, -0.1) is 11.3 Å². The van der Waals surface area contributed by atoms with Gasteiger partial charge in [0.15, 0.2) is 0 Å². The zero-order chi connectivity index (χ0) is 17.8. The molecular weight excluding hydrogens is 403 g/mol. The first-order chi connectivity index (χ1) is 12.0. The molecule has 2 aromatic rings. The molecule has 134 valence electrons. The maximum atomic E-state index is 13.2. The molecule has 1 atom stereocenters. The molecule has 1 fully saturated rings. The average Bonchev–Trinajstić information content (AvgIpc) is 3.10. The monoisotopic (exact) mass is 424 g/mol. The fraction of sp³-hybridized carbons (Fsp3) is 0.421. The van der Waals surface area contributed by atoms with Crippen LogP contribution in [0.25, 0.3) is 0 Å². The number of thiophene rings is 1. The zero-order valence-electron chi connectivity index (χ0n) is 14.2. The van der Waals surface area contributed by atoms with E-state index >= 15 is 0 Å². The second-order valence-electron chi connectivity index (χ2n) is 6.58. The van der Waals surface area contributed by atoms with Crippen molar-refractivity contribution in [3.63, 3.8) is 0 Å². The number of amides is 1. The standard InChI is InChI=1S/C19H22BrFN2OS/c1-13-6-8-23(9-7-13)17(18-3-2-10-25-18)12-22-19(24)15-5-4-14(21)11-16(15)20/h2-5,10-11,13,17H,6-9,12H2,1H3,(H,22,24). The van der Waals surface area contributed by atoms with E-state index in [0.717, 1.165) is 19.0 Å². The van der Waals surface area contributed by atoms with E-state index in [-0.39, 0.29) is 17.8 Å². The molecule has 1 unspecified atom stereocenters. The van der Waals surface area contributed by atoms with Crippen LogP contribution in [0.2, 0.25) is 0 Å². The molecule has 1 saturated heterocycles. The predicted molar refractivity (Wildman–Crippen MR) is 103 cm³/mol. The van der Waals surface area contributed by atoms with Crippen molar-refractivity contribution in [2.75, 3.05) is 19.6 Å². The molecule has 25 heavy (non-hydrogen) atoms. The Kier molecular flexibility index (Phi) is 6.25. The van der Waals surface area contributed by atoms with Crippen molar-refractivity contribution >= 4 is 33.2 Å². The Bertz CT molecular complexity index is 714. The number of benzene rings is 1. The molecule has 1 aliphatic heterocycles. The van der Waals surface area contributed by atoms with E-state index in [2.05, 4.69) is 50.6 Å². The number of rotatable bonds is 5. The molecule has 0 spiro atoms. The Morgan fingerprint density at radius 1 is 1.40 bits per heavy atom.